The van der Waals surface area contributed by atoms with Crippen molar-refractivity contribution in [2.45, 2.75) is 20.8 Å². The zero-order valence-corrected chi connectivity index (χ0v) is 9.54. The molecule has 0 atom stereocenters. The minimum atomic E-state index is 1.32. The van der Waals surface area contributed by atoms with Gasteiger partial charge in [-0.1, -0.05) is 48.0 Å². The number of rotatable bonds is 1. The van der Waals surface area contributed by atoms with Crippen LogP contribution in [0.2, 0.25) is 0 Å². The fourth-order valence-corrected chi connectivity index (χ4v) is 1.82. The average molecular weight is 196 g/mol. The fraction of sp³-hybridized carbons (Fsp3) is 0.200. The second-order valence-electron chi connectivity index (χ2n) is 4.15. The Kier molecular flexibility index (Phi) is 2.59. The summed E-state index contributed by atoms with van der Waals surface area (Å²) < 4.78 is 0. The maximum atomic E-state index is 2.20. The number of hydrogen-bond acceptors (Lipinski definition) is 0. The molecule has 0 aromatic heterocycles. The van der Waals surface area contributed by atoms with E-state index in [1.54, 1.807) is 0 Å². The minimum Gasteiger partial charge on any atom is -0.0729 e. The van der Waals surface area contributed by atoms with Gasteiger partial charge in [-0.3, -0.25) is 0 Å². The Bertz CT molecular complexity index is 509. The Morgan fingerprint density at radius 2 is 1.47 bits per heavy atom. The lowest BCUT2D eigenvalue weighted by Gasteiger charge is -2.08. The Balaban J connectivity index is 2.77. The third-order valence-electron chi connectivity index (χ3n) is 2.94. The van der Waals surface area contributed by atoms with E-state index in [0.717, 1.165) is 0 Å². The molecule has 0 spiro atoms. The van der Waals surface area contributed by atoms with E-state index < -0.39 is 0 Å². The maximum Gasteiger partial charge on any atom is -0.0109 e. The average Bonchev–Trinajstić information content (AvgIpc) is 2.27. The maximum absolute atomic E-state index is 2.20. The van der Waals surface area contributed by atoms with E-state index in [0.29, 0.717) is 0 Å². The highest BCUT2D eigenvalue weighted by Crippen LogP contribution is 2.26. The van der Waals surface area contributed by atoms with E-state index in [1.165, 1.54) is 27.5 Å². The summed E-state index contributed by atoms with van der Waals surface area (Å²) in [5.74, 6) is 0. The molecule has 0 fully saturated rings. The second kappa shape index (κ2) is 3.90. The molecule has 0 bridgehead atoms. The lowest BCUT2D eigenvalue weighted by atomic mass is 9.97. The van der Waals surface area contributed by atoms with Crippen molar-refractivity contribution in [1.82, 2.24) is 0 Å². The Morgan fingerprint density at radius 1 is 0.800 bits per heavy atom. The van der Waals surface area contributed by atoms with Crippen molar-refractivity contribution in [2.75, 3.05) is 0 Å². The van der Waals surface area contributed by atoms with Crippen LogP contribution in [0.5, 0.6) is 0 Å². The first-order valence-corrected chi connectivity index (χ1v) is 5.32. The molecular formula is C15H16. The first kappa shape index (κ1) is 9.97. The minimum absolute atomic E-state index is 1.32. The van der Waals surface area contributed by atoms with Crippen LogP contribution in [-0.2, 0) is 0 Å². The fourth-order valence-electron chi connectivity index (χ4n) is 1.82. The van der Waals surface area contributed by atoms with Crippen LogP contribution in [0.1, 0.15) is 26.3 Å². The molecule has 0 radical (unpaired) electrons. The molecule has 0 nitrogen and oxygen atoms in total. The van der Waals surface area contributed by atoms with Gasteiger partial charge in [-0.25, -0.2) is 0 Å². The molecule has 0 saturated heterocycles. The van der Waals surface area contributed by atoms with Gasteiger partial charge in [0.15, 0.2) is 0 Å². The molecule has 2 rings (SSSR count). The molecule has 0 aliphatic rings. The lowest BCUT2D eigenvalue weighted by Crippen LogP contribution is -1.84. The molecule has 2 aromatic carbocycles. The van der Waals surface area contributed by atoms with Gasteiger partial charge in [-0.15, -0.1) is 0 Å². The Hall–Kier alpha value is -1.56. The number of fused-ring (bicyclic) bond motifs is 1. The van der Waals surface area contributed by atoms with Gasteiger partial charge < -0.3 is 0 Å². The van der Waals surface area contributed by atoms with Crippen LogP contribution in [0.15, 0.2) is 48.0 Å². The summed E-state index contributed by atoms with van der Waals surface area (Å²) in [6.45, 7) is 6.52. The second-order valence-corrected chi connectivity index (χ2v) is 4.15. The van der Waals surface area contributed by atoms with Gasteiger partial charge in [-0.05, 0) is 42.7 Å². The quantitative estimate of drug-likeness (QED) is 0.622. The van der Waals surface area contributed by atoms with Crippen molar-refractivity contribution >= 4 is 16.3 Å². The third-order valence-corrected chi connectivity index (χ3v) is 2.94. The summed E-state index contributed by atoms with van der Waals surface area (Å²) in [6.07, 6.45) is 0. The third kappa shape index (κ3) is 1.80. The molecule has 0 unspecified atom stereocenters. The van der Waals surface area contributed by atoms with Crippen LogP contribution in [0.4, 0.5) is 0 Å². The summed E-state index contributed by atoms with van der Waals surface area (Å²) in [4.78, 5) is 0. The molecule has 76 valence electrons. The van der Waals surface area contributed by atoms with E-state index >= 15 is 0 Å². The van der Waals surface area contributed by atoms with Gasteiger partial charge in [0, 0.05) is 0 Å². The van der Waals surface area contributed by atoms with Crippen LogP contribution in [0, 0.1) is 0 Å². The van der Waals surface area contributed by atoms with E-state index in [1.807, 2.05) is 0 Å². The number of hydrogen-bond donors (Lipinski definition) is 0. The van der Waals surface area contributed by atoms with Crippen molar-refractivity contribution in [2.24, 2.45) is 0 Å². The van der Waals surface area contributed by atoms with Gasteiger partial charge in [0.2, 0.25) is 0 Å². The predicted octanol–water partition coefficient (Wildman–Crippen LogP) is 4.65. The highest BCUT2D eigenvalue weighted by Gasteiger charge is 2.02. The van der Waals surface area contributed by atoms with Crippen LogP contribution in [-0.4, -0.2) is 0 Å². The van der Waals surface area contributed by atoms with Crippen molar-refractivity contribution in [3.05, 3.63) is 53.6 Å². The van der Waals surface area contributed by atoms with Gasteiger partial charge in [0.05, 0.1) is 0 Å². The molecule has 0 N–H and O–H groups in total. The van der Waals surface area contributed by atoms with Crippen LogP contribution in [0.25, 0.3) is 16.3 Å². The normalized spacial score (nSPS) is 10.3. The number of allylic oxidation sites excluding steroid dienone is 2. The van der Waals surface area contributed by atoms with E-state index in [9.17, 15) is 0 Å². The highest BCUT2D eigenvalue weighted by molar-refractivity contribution is 5.93. The monoisotopic (exact) mass is 196 g/mol. The van der Waals surface area contributed by atoms with Crippen LogP contribution >= 0.6 is 0 Å². The molecule has 0 amide bonds. The van der Waals surface area contributed by atoms with Gasteiger partial charge in [0.25, 0.3) is 0 Å². The summed E-state index contributed by atoms with van der Waals surface area (Å²) in [5, 5.41) is 2.66. The molecule has 0 saturated carbocycles. The molecule has 2 aromatic rings. The van der Waals surface area contributed by atoms with E-state index in [2.05, 4.69) is 63.2 Å². The smallest absolute Gasteiger partial charge is 0.0109 e. The Labute approximate surface area is 91.2 Å². The van der Waals surface area contributed by atoms with Gasteiger partial charge in [-0.2, -0.15) is 0 Å². The van der Waals surface area contributed by atoms with Crippen molar-refractivity contribution < 1.29 is 0 Å². The summed E-state index contributed by atoms with van der Waals surface area (Å²) in [6, 6.07) is 15.0. The predicted molar refractivity (Wildman–Crippen MR) is 67.9 cm³/mol. The first-order chi connectivity index (χ1) is 7.20. The molecule has 0 heterocycles. The van der Waals surface area contributed by atoms with Crippen molar-refractivity contribution in [3.63, 3.8) is 0 Å². The zero-order valence-electron chi connectivity index (χ0n) is 9.54. The van der Waals surface area contributed by atoms with Gasteiger partial charge >= 0.3 is 0 Å². The molecule has 0 aliphatic heterocycles. The largest absolute Gasteiger partial charge is 0.0729 e. The van der Waals surface area contributed by atoms with Gasteiger partial charge in [0.1, 0.15) is 0 Å². The van der Waals surface area contributed by atoms with Crippen molar-refractivity contribution in [3.8, 4) is 0 Å². The van der Waals surface area contributed by atoms with Crippen molar-refractivity contribution in [1.29, 1.82) is 0 Å². The molecule has 0 aliphatic carbocycles. The molecule has 0 heteroatoms. The summed E-state index contributed by atoms with van der Waals surface area (Å²) in [7, 11) is 0. The molecule has 15 heavy (non-hydrogen) atoms. The first-order valence-electron chi connectivity index (χ1n) is 5.32. The topological polar surface area (TPSA) is 0 Å². The zero-order chi connectivity index (χ0) is 10.8. The van der Waals surface area contributed by atoms with Crippen LogP contribution in [0.3, 0.4) is 0 Å². The van der Waals surface area contributed by atoms with E-state index in [4.69, 9.17) is 0 Å². The summed E-state index contributed by atoms with van der Waals surface area (Å²) in [5.41, 5.74) is 4.12. The standard InChI is InChI=1S/C15H16/c1-11(2)12(3)14-10-6-8-13-7-4-5-9-15(13)14/h4-10H,1-3H3. The van der Waals surface area contributed by atoms with E-state index in [-0.39, 0.29) is 0 Å². The highest BCUT2D eigenvalue weighted by atomic mass is 14.1. The lowest BCUT2D eigenvalue weighted by molar-refractivity contribution is 1.37. The SMILES string of the molecule is CC(C)=C(C)c1cccc2ccccc12. The summed E-state index contributed by atoms with van der Waals surface area (Å²) >= 11 is 0. The number of benzene rings is 2. The molecular weight excluding hydrogens is 180 g/mol. The van der Waals surface area contributed by atoms with Crippen LogP contribution < -0.4 is 0 Å². The Morgan fingerprint density at radius 3 is 2.20 bits per heavy atom.